The standard InChI is InChI=1S/C22H37N7O2/c1-18(2)8-11-24-20-27-21(25-12-9-19-6-4-3-5-7-19)29-22(28-20)26-13-15-31-17-16-30-14-10-23/h3-7,18H,8-17,23H2,1-2H3,(H3,24,25,26,27,28,29). The van der Waals surface area contributed by atoms with Gasteiger partial charge in [0.1, 0.15) is 0 Å². The van der Waals surface area contributed by atoms with Crippen molar-refractivity contribution in [1.29, 1.82) is 0 Å². The number of aromatic nitrogens is 3. The average molecular weight is 432 g/mol. The molecule has 0 amide bonds. The molecule has 0 bridgehead atoms. The number of hydrogen-bond acceptors (Lipinski definition) is 9. The predicted molar refractivity (Wildman–Crippen MR) is 126 cm³/mol. The quantitative estimate of drug-likeness (QED) is 0.280. The normalized spacial score (nSPS) is 11.0. The summed E-state index contributed by atoms with van der Waals surface area (Å²) < 4.78 is 10.8. The second-order valence-electron chi connectivity index (χ2n) is 7.52. The number of ether oxygens (including phenoxy) is 2. The first-order valence-corrected chi connectivity index (χ1v) is 11.0. The summed E-state index contributed by atoms with van der Waals surface area (Å²) >= 11 is 0. The molecule has 0 aliphatic heterocycles. The van der Waals surface area contributed by atoms with Crippen LogP contribution in [-0.2, 0) is 15.9 Å². The summed E-state index contributed by atoms with van der Waals surface area (Å²) in [5.41, 5.74) is 6.65. The van der Waals surface area contributed by atoms with E-state index in [2.05, 4.69) is 56.9 Å². The highest BCUT2D eigenvalue weighted by atomic mass is 16.5. The Morgan fingerprint density at radius 1 is 0.774 bits per heavy atom. The van der Waals surface area contributed by atoms with E-state index in [-0.39, 0.29) is 0 Å². The predicted octanol–water partition coefficient (Wildman–Crippen LogP) is 2.39. The third-order valence-electron chi connectivity index (χ3n) is 4.34. The van der Waals surface area contributed by atoms with E-state index < -0.39 is 0 Å². The van der Waals surface area contributed by atoms with Crippen LogP contribution in [0.15, 0.2) is 30.3 Å². The Morgan fingerprint density at radius 3 is 1.97 bits per heavy atom. The van der Waals surface area contributed by atoms with Crippen molar-refractivity contribution < 1.29 is 9.47 Å². The minimum Gasteiger partial charge on any atom is -0.378 e. The summed E-state index contributed by atoms with van der Waals surface area (Å²) in [6.45, 7) is 9.23. The van der Waals surface area contributed by atoms with Crippen LogP contribution in [0.4, 0.5) is 17.8 Å². The Labute approximate surface area is 185 Å². The molecule has 0 atom stereocenters. The van der Waals surface area contributed by atoms with E-state index in [0.717, 1.165) is 25.9 Å². The Hall–Kier alpha value is -2.49. The summed E-state index contributed by atoms with van der Waals surface area (Å²) in [5.74, 6) is 2.25. The Balaban J connectivity index is 1.83. The highest BCUT2D eigenvalue weighted by Crippen LogP contribution is 2.11. The Morgan fingerprint density at radius 2 is 1.35 bits per heavy atom. The van der Waals surface area contributed by atoms with E-state index >= 15 is 0 Å². The maximum Gasteiger partial charge on any atom is 0.229 e. The van der Waals surface area contributed by atoms with Gasteiger partial charge in [0.15, 0.2) is 0 Å². The van der Waals surface area contributed by atoms with Gasteiger partial charge in [0.25, 0.3) is 0 Å². The molecule has 172 valence electrons. The zero-order valence-electron chi connectivity index (χ0n) is 18.8. The number of nitrogens with zero attached hydrogens (tertiary/aromatic N) is 3. The highest BCUT2D eigenvalue weighted by Gasteiger charge is 2.07. The van der Waals surface area contributed by atoms with E-state index in [1.807, 2.05) is 18.2 Å². The van der Waals surface area contributed by atoms with Gasteiger partial charge in [-0.05, 0) is 24.3 Å². The van der Waals surface area contributed by atoms with Crippen LogP contribution < -0.4 is 21.7 Å². The average Bonchev–Trinajstić information content (AvgIpc) is 2.76. The van der Waals surface area contributed by atoms with E-state index in [1.54, 1.807) is 0 Å². The topological polar surface area (TPSA) is 119 Å². The summed E-state index contributed by atoms with van der Waals surface area (Å²) in [7, 11) is 0. The number of nitrogens with one attached hydrogen (secondary N) is 3. The van der Waals surface area contributed by atoms with Crippen LogP contribution in [0.5, 0.6) is 0 Å². The van der Waals surface area contributed by atoms with Gasteiger partial charge in [-0.25, -0.2) is 0 Å². The molecule has 0 aliphatic rings. The largest absolute Gasteiger partial charge is 0.378 e. The van der Waals surface area contributed by atoms with E-state index in [4.69, 9.17) is 15.2 Å². The van der Waals surface area contributed by atoms with Gasteiger partial charge < -0.3 is 31.2 Å². The fraction of sp³-hybridized carbons (Fsp3) is 0.591. The molecule has 0 fully saturated rings. The SMILES string of the molecule is CC(C)CCNc1nc(NCCOCCOCCN)nc(NCCc2ccccc2)n1. The molecule has 0 radical (unpaired) electrons. The molecule has 0 unspecified atom stereocenters. The molecule has 9 heteroatoms. The van der Waals surface area contributed by atoms with Crippen molar-refractivity contribution >= 4 is 17.8 Å². The third kappa shape index (κ3) is 11.5. The van der Waals surface area contributed by atoms with Gasteiger partial charge >= 0.3 is 0 Å². The summed E-state index contributed by atoms with van der Waals surface area (Å²) in [6, 6.07) is 10.3. The van der Waals surface area contributed by atoms with Crippen molar-refractivity contribution in [2.75, 3.05) is 68.6 Å². The zero-order valence-corrected chi connectivity index (χ0v) is 18.8. The van der Waals surface area contributed by atoms with Gasteiger partial charge in [-0.3, -0.25) is 0 Å². The molecule has 1 heterocycles. The van der Waals surface area contributed by atoms with Crippen LogP contribution in [0.3, 0.4) is 0 Å². The second-order valence-corrected chi connectivity index (χ2v) is 7.52. The molecule has 31 heavy (non-hydrogen) atoms. The van der Waals surface area contributed by atoms with Gasteiger partial charge in [-0.2, -0.15) is 15.0 Å². The van der Waals surface area contributed by atoms with Crippen molar-refractivity contribution in [2.45, 2.75) is 26.7 Å². The molecule has 0 aliphatic carbocycles. The first-order chi connectivity index (χ1) is 15.2. The number of anilines is 3. The van der Waals surface area contributed by atoms with Crippen molar-refractivity contribution in [3.8, 4) is 0 Å². The van der Waals surface area contributed by atoms with Crippen LogP contribution in [0.25, 0.3) is 0 Å². The molecular formula is C22H37N7O2. The van der Waals surface area contributed by atoms with E-state index in [9.17, 15) is 0 Å². The van der Waals surface area contributed by atoms with Crippen LogP contribution >= 0.6 is 0 Å². The smallest absolute Gasteiger partial charge is 0.229 e. The summed E-state index contributed by atoms with van der Waals surface area (Å²) in [5, 5.41) is 9.80. The number of benzene rings is 1. The lowest BCUT2D eigenvalue weighted by atomic mass is 10.1. The molecule has 1 aromatic carbocycles. The Kier molecular flexibility index (Phi) is 12.3. The second kappa shape index (κ2) is 15.3. The maximum absolute atomic E-state index is 5.54. The first-order valence-electron chi connectivity index (χ1n) is 11.0. The molecule has 2 rings (SSSR count). The summed E-state index contributed by atoms with van der Waals surface area (Å²) in [6.07, 6.45) is 1.94. The fourth-order valence-electron chi connectivity index (χ4n) is 2.69. The summed E-state index contributed by atoms with van der Waals surface area (Å²) in [4.78, 5) is 13.5. The monoisotopic (exact) mass is 431 g/mol. The van der Waals surface area contributed by atoms with Crippen LogP contribution in [-0.4, -0.2) is 67.6 Å². The number of rotatable bonds is 17. The van der Waals surface area contributed by atoms with Gasteiger partial charge in [0.2, 0.25) is 17.8 Å². The van der Waals surface area contributed by atoms with Crippen molar-refractivity contribution in [2.24, 2.45) is 11.7 Å². The zero-order chi connectivity index (χ0) is 22.2. The molecule has 5 N–H and O–H groups in total. The van der Waals surface area contributed by atoms with Gasteiger partial charge in [0, 0.05) is 26.2 Å². The van der Waals surface area contributed by atoms with Gasteiger partial charge in [-0.1, -0.05) is 44.2 Å². The van der Waals surface area contributed by atoms with Gasteiger partial charge in [-0.15, -0.1) is 0 Å². The lowest BCUT2D eigenvalue weighted by Gasteiger charge is -2.12. The van der Waals surface area contributed by atoms with Crippen molar-refractivity contribution in [1.82, 2.24) is 15.0 Å². The lowest BCUT2D eigenvalue weighted by molar-refractivity contribution is 0.0547. The maximum atomic E-state index is 5.54. The third-order valence-corrected chi connectivity index (χ3v) is 4.34. The molecule has 0 saturated carbocycles. The molecular weight excluding hydrogens is 394 g/mol. The number of nitrogens with two attached hydrogens (primary N) is 1. The van der Waals surface area contributed by atoms with Crippen LogP contribution in [0.1, 0.15) is 25.8 Å². The Bertz CT molecular complexity index is 716. The molecule has 1 aromatic heterocycles. The molecule has 0 spiro atoms. The highest BCUT2D eigenvalue weighted by molar-refractivity contribution is 5.42. The van der Waals surface area contributed by atoms with Crippen molar-refractivity contribution in [3.05, 3.63) is 35.9 Å². The first kappa shape index (κ1) is 24.8. The van der Waals surface area contributed by atoms with Crippen molar-refractivity contribution in [3.63, 3.8) is 0 Å². The van der Waals surface area contributed by atoms with E-state index in [0.29, 0.717) is 63.3 Å². The fourth-order valence-corrected chi connectivity index (χ4v) is 2.69. The minimum absolute atomic E-state index is 0.521. The van der Waals surface area contributed by atoms with E-state index in [1.165, 1.54) is 5.56 Å². The molecule has 2 aromatic rings. The van der Waals surface area contributed by atoms with Gasteiger partial charge in [0.05, 0.1) is 26.4 Å². The molecule has 0 saturated heterocycles. The number of hydrogen-bond donors (Lipinski definition) is 4. The van der Waals surface area contributed by atoms with Crippen LogP contribution in [0, 0.1) is 5.92 Å². The minimum atomic E-state index is 0.521. The lowest BCUT2D eigenvalue weighted by Crippen LogP contribution is -2.18. The molecule has 9 nitrogen and oxygen atoms in total. The van der Waals surface area contributed by atoms with Crippen LogP contribution in [0.2, 0.25) is 0 Å².